The van der Waals surface area contributed by atoms with Crippen LogP contribution in [0.3, 0.4) is 0 Å². The van der Waals surface area contributed by atoms with Crippen LogP contribution >= 0.6 is 15.9 Å². The number of aromatic nitrogens is 1. The number of aryl methyl sites for hydroxylation is 2. The predicted molar refractivity (Wildman–Crippen MR) is 74.6 cm³/mol. The molecule has 2 heteroatoms. The molecule has 0 atom stereocenters. The van der Waals surface area contributed by atoms with Gasteiger partial charge in [-0.1, -0.05) is 22.0 Å². The zero-order chi connectivity index (χ0) is 11.4. The van der Waals surface area contributed by atoms with E-state index in [-0.39, 0.29) is 0 Å². The Balaban J connectivity index is 2.31. The summed E-state index contributed by atoms with van der Waals surface area (Å²) in [6.07, 6.45) is 5.89. The summed E-state index contributed by atoms with van der Waals surface area (Å²) in [6, 6.07) is 11.0. The molecular formula is C15H12BrN. The number of nitrogens with zero attached hydrogens (tertiary/aromatic N) is 1. The molecule has 17 heavy (non-hydrogen) atoms. The van der Waals surface area contributed by atoms with Crippen LogP contribution in [0.15, 0.2) is 41.0 Å². The molecule has 1 nitrogen and oxygen atoms in total. The van der Waals surface area contributed by atoms with E-state index in [4.69, 9.17) is 0 Å². The van der Waals surface area contributed by atoms with Gasteiger partial charge in [0.1, 0.15) is 0 Å². The van der Waals surface area contributed by atoms with Gasteiger partial charge in [0, 0.05) is 16.1 Å². The van der Waals surface area contributed by atoms with Crippen molar-refractivity contribution in [1.82, 2.24) is 4.40 Å². The second-order valence-corrected chi connectivity index (χ2v) is 5.66. The van der Waals surface area contributed by atoms with Crippen molar-refractivity contribution in [2.45, 2.75) is 19.3 Å². The van der Waals surface area contributed by atoms with E-state index in [0.29, 0.717) is 0 Å². The third-order valence-electron chi connectivity index (χ3n) is 3.78. The average molecular weight is 286 g/mol. The molecule has 0 bridgehead atoms. The summed E-state index contributed by atoms with van der Waals surface area (Å²) >= 11 is 3.58. The number of hydrogen-bond acceptors (Lipinski definition) is 0. The number of halogens is 1. The van der Waals surface area contributed by atoms with Crippen molar-refractivity contribution in [3.05, 3.63) is 52.1 Å². The molecule has 2 aromatic heterocycles. The highest BCUT2D eigenvalue weighted by Crippen LogP contribution is 2.35. The average Bonchev–Trinajstić information content (AvgIpc) is 2.67. The topological polar surface area (TPSA) is 4.41 Å². The first kappa shape index (κ1) is 9.72. The number of fused-ring (bicyclic) bond motifs is 3. The smallest absolute Gasteiger partial charge is 0.0532 e. The fourth-order valence-corrected chi connectivity index (χ4v) is 3.45. The maximum absolute atomic E-state index is 3.58. The number of hydrogen-bond donors (Lipinski definition) is 0. The van der Waals surface area contributed by atoms with Crippen LogP contribution in [0.1, 0.15) is 17.5 Å². The lowest BCUT2D eigenvalue weighted by Crippen LogP contribution is -2.00. The Hall–Kier alpha value is -1.28. The molecule has 2 heterocycles. The van der Waals surface area contributed by atoms with Crippen LogP contribution in [0, 0.1) is 0 Å². The Kier molecular flexibility index (Phi) is 1.92. The second-order valence-electron chi connectivity index (χ2n) is 4.75. The lowest BCUT2D eigenvalue weighted by Gasteiger charge is -2.12. The summed E-state index contributed by atoms with van der Waals surface area (Å²) in [5.74, 6) is 0. The fraction of sp³-hybridized carbons (Fsp3) is 0.200. The van der Waals surface area contributed by atoms with E-state index >= 15 is 0 Å². The van der Waals surface area contributed by atoms with E-state index < -0.39 is 0 Å². The summed E-state index contributed by atoms with van der Waals surface area (Å²) in [5.41, 5.74) is 5.82. The van der Waals surface area contributed by atoms with Gasteiger partial charge in [0.05, 0.1) is 11.0 Å². The lowest BCUT2D eigenvalue weighted by molar-refractivity contribution is 0.806. The Morgan fingerprint density at radius 3 is 3.00 bits per heavy atom. The van der Waals surface area contributed by atoms with E-state index in [1.807, 2.05) is 0 Å². The van der Waals surface area contributed by atoms with Gasteiger partial charge < -0.3 is 4.40 Å². The molecular weight excluding hydrogens is 274 g/mol. The van der Waals surface area contributed by atoms with E-state index in [2.05, 4.69) is 56.9 Å². The normalized spacial score (nSPS) is 14.6. The van der Waals surface area contributed by atoms with Crippen molar-refractivity contribution < 1.29 is 0 Å². The lowest BCUT2D eigenvalue weighted by atomic mass is 9.95. The molecule has 0 spiro atoms. The van der Waals surface area contributed by atoms with Gasteiger partial charge in [-0.15, -0.1) is 0 Å². The van der Waals surface area contributed by atoms with Gasteiger partial charge in [0.15, 0.2) is 0 Å². The third kappa shape index (κ3) is 1.25. The molecule has 1 aliphatic carbocycles. The predicted octanol–water partition coefficient (Wildman–Crippen LogP) is 4.34. The van der Waals surface area contributed by atoms with Crippen LogP contribution in [0.2, 0.25) is 0 Å². The first-order valence-corrected chi connectivity index (χ1v) is 6.84. The van der Waals surface area contributed by atoms with Gasteiger partial charge in [-0.3, -0.25) is 0 Å². The molecule has 0 saturated carbocycles. The largest absolute Gasteiger partial charge is 0.316 e. The standard InChI is InChI=1S/C15H12BrN/c16-11-6-7-14-13(9-11)12-5-1-3-10-4-2-8-17(14)15(10)12/h2,4,6-9H,1,3,5H2. The number of pyridine rings is 1. The third-order valence-corrected chi connectivity index (χ3v) is 4.27. The minimum absolute atomic E-state index is 1.17. The number of benzene rings is 1. The molecule has 1 aromatic carbocycles. The van der Waals surface area contributed by atoms with Crippen LogP contribution in [-0.2, 0) is 12.8 Å². The van der Waals surface area contributed by atoms with Crippen LogP contribution in [0.4, 0.5) is 0 Å². The Morgan fingerprint density at radius 2 is 2.06 bits per heavy atom. The van der Waals surface area contributed by atoms with E-state index in [1.165, 1.54) is 51.3 Å². The van der Waals surface area contributed by atoms with Crippen LogP contribution in [0.5, 0.6) is 0 Å². The monoisotopic (exact) mass is 285 g/mol. The molecule has 84 valence electrons. The first-order valence-electron chi connectivity index (χ1n) is 6.04. The van der Waals surface area contributed by atoms with E-state index in [9.17, 15) is 0 Å². The van der Waals surface area contributed by atoms with Crippen molar-refractivity contribution in [2.24, 2.45) is 0 Å². The second kappa shape index (κ2) is 3.36. The molecule has 0 N–H and O–H groups in total. The quantitative estimate of drug-likeness (QED) is 0.579. The molecule has 3 aromatic rings. The highest BCUT2D eigenvalue weighted by Gasteiger charge is 2.18. The van der Waals surface area contributed by atoms with E-state index in [0.717, 1.165) is 0 Å². The highest BCUT2D eigenvalue weighted by molar-refractivity contribution is 9.10. The summed E-state index contributed by atoms with van der Waals surface area (Å²) in [7, 11) is 0. The summed E-state index contributed by atoms with van der Waals surface area (Å²) < 4.78 is 3.52. The van der Waals surface area contributed by atoms with Gasteiger partial charge in [-0.25, -0.2) is 0 Å². The maximum Gasteiger partial charge on any atom is 0.0532 e. The van der Waals surface area contributed by atoms with Gasteiger partial charge in [-0.05, 0) is 54.7 Å². The molecule has 0 unspecified atom stereocenters. The molecule has 0 saturated heterocycles. The molecule has 0 amide bonds. The Labute approximate surface area is 108 Å². The van der Waals surface area contributed by atoms with Crippen molar-refractivity contribution in [3.8, 4) is 0 Å². The summed E-state index contributed by atoms with van der Waals surface area (Å²) in [6.45, 7) is 0. The van der Waals surface area contributed by atoms with Crippen molar-refractivity contribution in [2.75, 3.05) is 0 Å². The number of rotatable bonds is 0. The minimum atomic E-state index is 1.17. The van der Waals surface area contributed by atoms with Crippen LogP contribution in [0.25, 0.3) is 16.4 Å². The fourth-order valence-electron chi connectivity index (χ4n) is 3.09. The molecule has 1 aliphatic rings. The van der Waals surface area contributed by atoms with Crippen molar-refractivity contribution in [3.63, 3.8) is 0 Å². The van der Waals surface area contributed by atoms with Gasteiger partial charge in [0.25, 0.3) is 0 Å². The summed E-state index contributed by atoms with van der Waals surface area (Å²) in [5, 5.41) is 1.41. The SMILES string of the molecule is Brc1ccc2c(c1)c1c3c(cccn32)CCC1. The highest BCUT2D eigenvalue weighted by atomic mass is 79.9. The Bertz CT molecular complexity index is 739. The van der Waals surface area contributed by atoms with Crippen molar-refractivity contribution in [1.29, 1.82) is 0 Å². The minimum Gasteiger partial charge on any atom is -0.316 e. The Morgan fingerprint density at radius 1 is 1.12 bits per heavy atom. The molecule has 0 radical (unpaired) electrons. The first-order chi connectivity index (χ1) is 8.34. The van der Waals surface area contributed by atoms with Crippen LogP contribution in [-0.4, -0.2) is 4.40 Å². The van der Waals surface area contributed by atoms with Gasteiger partial charge >= 0.3 is 0 Å². The maximum atomic E-state index is 3.58. The molecule has 0 aliphatic heterocycles. The molecule has 0 fully saturated rings. The van der Waals surface area contributed by atoms with Crippen molar-refractivity contribution >= 4 is 32.3 Å². The van der Waals surface area contributed by atoms with Crippen LogP contribution < -0.4 is 0 Å². The van der Waals surface area contributed by atoms with Gasteiger partial charge in [-0.2, -0.15) is 0 Å². The zero-order valence-corrected chi connectivity index (χ0v) is 11.0. The molecule has 4 rings (SSSR count). The van der Waals surface area contributed by atoms with E-state index in [1.54, 1.807) is 0 Å². The zero-order valence-electron chi connectivity index (χ0n) is 9.41. The summed E-state index contributed by atoms with van der Waals surface area (Å²) in [4.78, 5) is 0. The van der Waals surface area contributed by atoms with Gasteiger partial charge in [0.2, 0.25) is 0 Å².